The summed E-state index contributed by atoms with van der Waals surface area (Å²) in [5.41, 5.74) is 0.558. The maximum absolute atomic E-state index is 11.1. The lowest BCUT2D eigenvalue weighted by Crippen LogP contribution is -2.17. The highest BCUT2D eigenvalue weighted by atomic mass is 16.5. The topological polar surface area (TPSA) is 81.5 Å². The number of nitrogens with zero attached hydrogens (tertiary/aromatic N) is 2. The average molecular weight is 274 g/mol. The summed E-state index contributed by atoms with van der Waals surface area (Å²) in [5, 5.41) is 9.75. The van der Waals surface area contributed by atoms with Crippen molar-refractivity contribution in [2.45, 2.75) is 18.9 Å². The minimum absolute atomic E-state index is 0.0528. The number of hydrogen-bond acceptors (Lipinski definition) is 5. The molecule has 1 aromatic heterocycles. The van der Waals surface area contributed by atoms with Crippen LogP contribution in [0.4, 0.5) is 0 Å². The standard InChI is InChI=1S/C14H14N2O4/c17-14(18)12-15-11-6-2-1-5-10(11)13(16-12)20-8-9-4-3-7-19-9/h1-2,5-6,9H,3-4,7-8H2,(H,17,18). The fourth-order valence-corrected chi connectivity index (χ4v) is 2.20. The van der Waals surface area contributed by atoms with Crippen molar-refractivity contribution in [2.24, 2.45) is 0 Å². The second-order valence-electron chi connectivity index (χ2n) is 4.62. The molecule has 1 N–H and O–H groups in total. The Morgan fingerprint density at radius 1 is 1.40 bits per heavy atom. The van der Waals surface area contributed by atoms with E-state index in [1.54, 1.807) is 12.1 Å². The molecule has 1 aliphatic heterocycles. The molecule has 1 atom stereocenters. The molecule has 1 aliphatic rings. The summed E-state index contributed by atoms with van der Waals surface area (Å²) < 4.78 is 11.1. The molecule has 3 rings (SSSR count). The van der Waals surface area contributed by atoms with Gasteiger partial charge in [-0.1, -0.05) is 12.1 Å². The predicted molar refractivity (Wildman–Crippen MR) is 71.0 cm³/mol. The van der Waals surface area contributed by atoms with Crippen molar-refractivity contribution in [3.63, 3.8) is 0 Å². The molecule has 1 saturated heterocycles. The number of para-hydroxylation sites is 1. The number of carbonyl (C=O) groups is 1. The van der Waals surface area contributed by atoms with Crippen LogP contribution in [0.2, 0.25) is 0 Å². The molecular formula is C14H14N2O4. The molecule has 1 aromatic carbocycles. The lowest BCUT2D eigenvalue weighted by Gasteiger charge is -2.12. The molecule has 0 saturated carbocycles. The third-order valence-electron chi connectivity index (χ3n) is 3.19. The lowest BCUT2D eigenvalue weighted by molar-refractivity contribution is 0.0650. The third kappa shape index (κ3) is 2.55. The maximum atomic E-state index is 11.1. The normalized spacial score (nSPS) is 18.3. The van der Waals surface area contributed by atoms with Crippen LogP contribution in [0.15, 0.2) is 24.3 Å². The van der Waals surface area contributed by atoms with E-state index in [1.807, 2.05) is 12.1 Å². The van der Waals surface area contributed by atoms with Gasteiger partial charge in [-0.25, -0.2) is 9.78 Å². The molecule has 6 nitrogen and oxygen atoms in total. The Morgan fingerprint density at radius 3 is 3.00 bits per heavy atom. The van der Waals surface area contributed by atoms with Crippen LogP contribution in [0.3, 0.4) is 0 Å². The van der Waals surface area contributed by atoms with Gasteiger partial charge in [-0.05, 0) is 25.0 Å². The van der Waals surface area contributed by atoms with Gasteiger partial charge >= 0.3 is 5.97 Å². The van der Waals surface area contributed by atoms with Gasteiger partial charge in [0, 0.05) is 6.61 Å². The fourth-order valence-electron chi connectivity index (χ4n) is 2.20. The first-order valence-corrected chi connectivity index (χ1v) is 6.48. The zero-order chi connectivity index (χ0) is 13.9. The van der Waals surface area contributed by atoms with E-state index in [4.69, 9.17) is 14.6 Å². The van der Waals surface area contributed by atoms with Gasteiger partial charge in [0.2, 0.25) is 11.7 Å². The molecule has 2 heterocycles. The van der Waals surface area contributed by atoms with Crippen molar-refractivity contribution in [1.82, 2.24) is 9.97 Å². The summed E-state index contributed by atoms with van der Waals surface area (Å²) in [5.74, 6) is -1.13. The van der Waals surface area contributed by atoms with Crippen LogP contribution < -0.4 is 4.74 Å². The van der Waals surface area contributed by atoms with E-state index in [0.717, 1.165) is 19.4 Å². The highest BCUT2D eigenvalue weighted by Gasteiger charge is 2.18. The Bertz CT molecular complexity index is 638. The molecule has 20 heavy (non-hydrogen) atoms. The molecule has 0 amide bonds. The van der Waals surface area contributed by atoms with Gasteiger partial charge in [-0.15, -0.1) is 0 Å². The van der Waals surface area contributed by atoms with E-state index in [1.165, 1.54) is 0 Å². The highest BCUT2D eigenvalue weighted by molar-refractivity contribution is 5.89. The molecule has 104 valence electrons. The molecule has 0 bridgehead atoms. The second kappa shape index (κ2) is 5.42. The van der Waals surface area contributed by atoms with Crippen molar-refractivity contribution in [2.75, 3.05) is 13.2 Å². The van der Waals surface area contributed by atoms with E-state index in [-0.39, 0.29) is 11.9 Å². The smallest absolute Gasteiger partial charge is 0.374 e. The molecule has 1 unspecified atom stereocenters. The summed E-state index contributed by atoms with van der Waals surface area (Å²) in [7, 11) is 0. The van der Waals surface area contributed by atoms with Crippen molar-refractivity contribution >= 4 is 16.9 Å². The Morgan fingerprint density at radius 2 is 2.25 bits per heavy atom. The summed E-state index contributed by atoms with van der Waals surface area (Å²) in [6.07, 6.45) is 2.03. The molecule has 1 fully saturated rings. The third-order valence-corrected chi connectivity index (χ3v) is 3.19. The number of hydrogen-bond donors (Lipinski definition) is 1. The van der Waals surface area contributed by atoms with Crippen molar-refractivity contribution in [1.29, 1.82) is 0 Å². The Labute approximate surface area is 115 Å². The minimum atomic E-state index is -1.17. The fraction of sp³-hybridized carbons (Fsp3) is 0.357. The van der Waals surface area contributed by atoms with Crippen LogP contribution in [0, 0.1) is 0 Å². The zero-order valence-corrected chi connectivity index (χ0v) is 10.8. The van der Waals surface area contributed by atoms with E-state index in [2.05, 4.69) is 9.97 Å². The van der Waals surface area contributed by atoms with E-state index < -0.39 is 5.97 Å². The molecule has 0 spiro atoms. The minimum Gasteiger partial charge on any atom is -0.475 e. The van der Waals surface area contributed by atoms with Gasteiger partial charge in [0.15, 0.2) is 0 Å². The van der Waals surface area contributed by atoms with Crippen molar-refractivity contribution in [3.05, 3.63) is 30.1 Å². The summed E-state index contributed by atoms with van der Waals surface area (Å²) >= 11 is 0. The van der Waals surface area contributed by atoms with Crippen molar-refractivity contribution < 1.29 is 19.4 Å². The Hall–Kier alpha value is -2.21. The predicted octanol–water partition coefficient (Wildman–Crippen LogP) is 1.89. The van der Waals surface area contributed by atoms with Gasteiger partial charge in [-0.2, -0.15) is 4.98 Å². The van der Waals surface area contributed by atoms with Crippen molar-refractivity contribution in [3.8, 4) is 5.88 Å². The average Bonchev–Trinajstić information content (AvgIpc) is 2.97. The van der Waals surface area contributed by atoms with Crippen LogP contribution in [0.5, 0.6) is 5.88 Å². The van der Waals surface area contributed by atoms with E-state index in [0.29, 0.717) is 23.4 Å². The van der Waals surface area contributed by atoms with Gasteiger partial charge in [-0.3, -0.25) is 0 Å². The summed E-state index contributed by atoms with van der Waals surface area (Å²) in [6.45, 7) is 1.12. The summed E-state index contributed by atoms with van der Waals surface area (Å²) in [6, 6.07) is 7.18. The molecule has 2 aromatic rings. The van der Waals surface area contributed by atoms with Crippen LogP contribution in [-0.2, 0) is 4.74 Å². The largest absolute Gasteiger partial charge is 0.475 e. The lowest BCUT2D eigenvalue weighted by atomic mass is 10.2. The first kappa shape index (κ1) is 12.8. The molecule has 6 heteroatoms. The quantitative estimate of drug-likeness (QED) is 0.916. The van der Waals surface area contributed by atoms with Crippen LogP contribution in [0.25, 0.3) is 10.9 Å². The number of carboxylic acids is 1. The summed E-state index contributed by atoms with van der Waals surface area (Å²) in [4.78, 5) is 19.0. The SMILES string of the molecule is O=C(O)c1nc(OCC2CCCO2)c2ccccc2n1. The Kier molecular flexibility index (Phi) is 3.47. The zero-order valence-electron chi connectivity index (χ0n) is 10.8. The molecule has 0 aliphatic carbocycles. The maximum Gasteiger partial charge on any atom is 0.374 e. The Balaban J connectivity index is 1.92. The monoisotopic (exact) mass is 274 g/mol. The van der Waals surface area contributed by atoms with E-state index in [9.17, 15) is 4.79 Å². The van der Waals surface area contributed by atoms with E-state index >= 15 is 0 Å². The number of fused-ring (bicyclic) bond motifs is 1. The number of benzene rings is 1. The number of aromatic nitrogens is 2. The first-order chi connectivity index (χ1) is 9.74. The number of carboxylic acid groups (broad SMARTS) is 1. The van der Waals surface area contributed by atoms with Gasteiger partial charge < -0.3 is 14.6 Å². The van der Waals surface area contributed by atoms with Gasteiger partial charge in [0.05, 0.1) is 17.0 Å². The molecule has 0 radical (unpaired) electrons. The van der Waals surface area contributed by atoms with Crippen LogP contribution in [-0.4, -0.2) is 40.4 Å². The van der Waals surface area contributed by atoms with Gasteiger partial charge in [0.1, 0.15) is 6.61 Å². The number of ether oxygens (including phenoxy) is 2. The second-order valence-corrected chi connectivity index (χ2v) is 4.62. The molecular weight excluding hydrogens is 260 g/mol. The number of rotatable bonds is 4. The first-order valence-electron chi connectivity index (χ1n) is 6.48. The van der Waals surface area contributed by atoms with Crippen LogP contribution in [0.1, 0.15) is 23.5 Å². The van der Waals surface area contributed by atoms with Crippen LogP contribution >= 0.6 is 0 Å². The number of aromatic carboxylic acids is 1. The highest BCUT2D eigenvalue weighted by Crippen LogP contribution is 2.23. The van der Waals surface area contributed by atoms with Gasteiger partial charge in [0.25, 0.3) is 0 Å².